The number of rotatable bonds is 6. The molecule has 0 radical (unpaired) electrons. The molecule has 0 aliphatic heterocycles. The van der Waals surface area contributed by atoms with Crippen LogP contribution in [0.4, 0.5) is 0 Å². The molecule has 0 aliphatic rings. The first kappa shape index (κ1) is 17.7. The molecule has 3 aromatic rings. The average molecular weight is 356 g/mol. The van der Waals surface area contributed by atoms with Crippen molar-refractivity contribution in [2.24, 2.45) is 0 Å². The number of aryl methyl sites for hydroxylation is 2. The van der Waals surface area contributed by atoms with E-state index in [4.69, 9.17) is 14.2 Å². The van der Waals surface area contributed by atoms with E-state index in [1.165, 1.54) is 6.33 Å². The zero-order valence-corrected chi connectivity index (χ0v) is 15.1. The van der Waals surface area contributed by atoms with Gasteiger partial charge in [0.1, 0.15) is 24.4 Å². The van der Waals surface area contributed by atoms with Gasteiger partial charge in [-0.25, -0.2) is 9.50 Å². The standard InChI is InChI=1S/C18H20N4O4/c1-11-15(12(2)22-18(21-11)19-10-20-22)8-17(23)26-9-13-7-14(24-3)5-6-16(13)25-4/h5-7,10H,8-9H2,1-4H3. The van der Waals surface area contributed by atoms with E-state index in [-0.39, 0.29) is 19.0 Å². The van der Waals surface area contributed by atoms with Crippen LogP contribution in [0.25, 0.3) is 5.78 Å². The Bertz CT molecular complexity index is 952. The quantitative estimate of drug-likeness (QED) is 0.625. The van der Waals surface area contributed by atoms with Crippen molar-refractivity contribution in [3.8, 4) is 11.5 Å². The van der Waals surface area contributed by atoms with Crippen LogP contribution in [0.1, 0.15) is 22.5 Å². The lowest BCUT2D eigenvalue weighted by molar-refractivity contribution is -0.144. The molecule has 8 nitrogen and oxygen atoms in total. The number of aromatic nitrogens is 4. The van der Waals surface area contributed by atoms with Gasteiger partial charge in [-0.15, -0.1) is 0 Å². The van der Waals surface area contributed by atoms with Crippen molar-refractivity contribution in [1.29, 1.82) is 0 Å². The van der Waals surface area contributed by atoms with Crippen LogP contribution in [-0.4, -0.2) is 39.8 Å². The lowest BCUT2D eigenvalue weighted by Crippen LogP contribution is -2.13. The summed E-state index contributed by atoms with van der Waals surface area (Å²) in [6.07, 6.45) is 1.54. The maximum Gasteiger partial charge on any atom is 0.310 e. The van der Waals surface area contributed by atoms with Crippen molar-refractivity contribution in [1.82, 2.24) is 19.6 Å². The fraction of sp³-hybridized carbons (Fsp3) is 0.333. The molecule has 0 saturated heterocycles. The second-order valence-electron chi connectivity index (χ2n) is 5.75. The number of fused-ring (bicyclic) bond motifs is 1. The van der Waals surface area contributed by atoms with Crippen LogP contribution in [0.3, 0.4) is 0 Å². The second-order valence-corrected chi connectivity index (χ2v) is 5.75. The molecule has 1 aromatic carbocycles. The molecular weight excluding hydrogens is 336 g/mol. The van der Waals surface area contributed by atoms with Crippen molar-refractivity contribution in [2.45, 2.75) is 26.9 Å². The van der Waals surface area contributed by atoms with Crippen molar-refractivity contribution >= 4 is 11.7 Å². The highest BCUT2D eigenvalue weighted by Gasteiger charge is 2.16. The Labute approximate surface area is 150 Å². The summed E-state index contributed by atoms with van der Waals surface area (Å²) in [7, 11) is 3.15. The van der Waals surface area contributed by atoms with Crippen molar-refractivity contribution in [3.05, 3.63) is 47.0 Å². The monoisotopic (exact) mass is 356 g/mol. The molecule has 2 heterocycles. The molecule has 0 bridgehead atoms. The molecule has 0 saturated carbocycles. The van der Waals surface area contributed by atoms with E-state index < -0.39 is 0 Å². The molecule has 0 amide bonds. The van der Waals surface area contributed by atoms with Gasteiger partial charge in [0.2, 0.25) is 0 Å². The number of hydrogen-bond donors (Lipinski definition) is 0. The van der Waals surface area contributed by atoms with Crippen LogP contribution in [0.15, 0.2) is 24.5 Å². The minimum Gasteiger partial charge on any atom is -0.497 e. The van der Waals surface area contributed by atoms with Crippen molar-refractivity contribution in [2.75, 3.05) is 14.2 Å². The highest BCUT2D eigenvalue weighted by Crippen LogP contribution is 2.25. The Hall–Kier alpha value is -3.16. The molecule has 3 rings (SSSR count). The summed E-state index contributed by atoms with van der Waals surface area (Å²) in [5, 5.41) is 4.12. The molecule has 0 spiro atoms. The number of hydrogen-bond acceptors (Lipinski definition) is 7. The lowest BCUT2D eigenvalue weighted by atomic mass is 10.1. The van der Waals surface area contributed by atoms with Gasteiger partial charge in [0.05, 0.1) is 20.6 Å². The number of carbonyl (C=O) groups excluding carboxylic acids is 1. The van der Waals surface area contributed by atoms with Crippen LogP contribution < -0.4 is 9.47 Å². The highest BCUT2D eigenvalue weighted by molar-refractivity contribution is 5.73. The Morgan fingerprint density at radius 1 is 1.19 bits per heavy atom. The summed E-state index contributed by atoms with van der Waals surface area (Å²) in [5.74, 6) is 1.46. The third-order valence-electron chi connectivity index (χ3n) is 4.19. The van der Waals surface area contributed by atoms with Gasteiger partial charge in [-0.05, 0) is 32.0 Å². The Morgan fingerprint density at radius 2 is 2.00 bits per heavy atom. The normalized spacial score (nSPS) is 10.8. The molecule has 0 atom stereocenters. The summed E-state index contributed by atoms with van der Waals surface area (Å²) < 4.78 is 17.5. The SMILES string of the molecule is COc1ccc(OC)c(COC(=O)Cc2c(C)nc3ncnn3c2C)c1. The Kier molecular flexibility index (Phi) is 5.01. The molecule has 0 fully saturated rings. The van der Waals surface area contributed by atoms with E-state index in [9.17, 15) is 4.79 Å². The van der Waals surface area contributed by atoms with Gasteiger partial charge in [-0.2, -0.15) is 10.1 Å². The molecule has 0 N–H and O–H groups in total. The molecule has 2 aromatic heterocycles. The van der Waals surface area contributed by atoms with Gasteiger partial charge in [-0.3, -0.25) is 4.79 Å². The number of nitrogens with zero attached hydrogens (tertiary/aromatic N) is 4. The Balaban J connectivity index is 1.74. The summed E-state index contributed by atoms with van der Waals surface area (Å²) in [6, 6.07) is 5.35. The largest absolute Gasteiger partial charge is 0.497 e. The third kappa shape index (κ3) is 3.44. The predicted octanol–water partition coefficient (Wildman–Crippen LogP) is 2.04. The fourth-order valence-corrected chi connectivity index (χ4v) is 2.76. The van der Waals surface area contributed by atoms with Gasteiger partial charge in [0.15, 0.2) is 0 Å². The second kappa shape index (κ2) is 7.38. The summed E-state index contributed by atoms with van der Waals surface area (Å²) in [4.78, 5) is 20.8. The van der Waals surface area contributed by atoms with Gasteiger partial charge in [0, 0.05) is 22.5 Å². The Morgan fingerprint density at radius 3 is 2.73 bits per heavy atom. The highest BCUT2D eigenvalue weighted by atomic mass is 16.5. The predicted molar refractivity (Wildman–Crippen MR) is 93.3 cm³/mol. The number of ether oxygens (including phenoxy) is 3. The van der Waals surface area contributed by atoms with Crippen LogP contribution in [0.2, 0.25) is 0 Å². The van der Waals surface area contributed by atoms with E-state index in [1.807, 2.05) is 13.8 Å². The van der Waals surface area contributed by atoms with E-state index in [0.29, 0.717) is 17.3 Å². The number of methoxy groups -OCH3 is 2. The minimum absolute atomic E-state index is 0.0936. The summed E-state index contributed by atoms with van der Waals surface area (Å²) in [6.45, 7) is 3.82. The third-order valence-corrected chi connectivity index (χ3v) is 4.19. The number of benzene rings is 1. The van der Waals surface area contributed by atoms with E-state index in [2.05, 4.69) is 15.1 Å². The minimum atomic E-state index is -0.359. The lowest BCUT2D eigenvalue weighted by Gasteiger charge is -2.12. The van der Waals surface area contributed by atoms with E-state index in [0.717, 1.165) is 22.5 Å². The first-order chi connectivity index (χ1) is 12.5. The maximum absolute atomic E-state index is 12.4. The average Bonchev–Trinajstić information content (AvgIpc) is 3.11. The van der Waals surface area contributed by atoms with Gasteiger partial charge >= 0.3 is 5.97 Å². The van der Waals surface area contributed by atoms with E-state index in [1.54, 1.807) is 36.9 Å². The molecule has 26 heavy (non-hydrogen) atoms. The molecule has 0 aliphatic carbocycles. The molecule has 136 valence electrons. The summed E-state index contributed by atoms with van der Waals surface area (Å²) >= 11 is 0. The van der Waals surface area contributed by atoms with Crippen molar-refractivity contribution in [3.63, 3.8) is 0 Å². The first-order valence-electron chi connectivity index (χ1n) is 8.05. The first-order valence-corrected chi connectivity index (χ1v) is 8.05. The van der Waals surface area contributed by atoms with Crippen LogP contribution in [0, 0.1) is 13.8 Å². The van der Waals surface area contributed by atoms with Gasteiger partial charge in [0.25, 0.3) is 5.78 Å². The maximum atomic E-state index is 12.4. The van der Waals surface area contributed by atoms with Crippen molar-refractivity contribution < 1.29 is 19.0 Å². The van der Waals surface area contributed by atoms with Crippen LogP contribution in [-0.2, 0) is 22.6 Å². The van der Waals surface area contributed by atoms with Crippen LogP contribution >= 0.6 is 0 Å². The topological polar surface area (TPSA) is 87.8 Å². The smallest absolute Gasteiger partial charge is 0.310 e. The molecule has 8 heteroatoms. The van der Waals surface area contributed by atoms with E-state index >= 15 is 0 Å². The molecule has 0 unspecified atom stereocenters. The zero-order valence-electron chi connectivity index (χ0n) is 15.1. The fourth-order valence-electron chi connectivity index (χ4n) is 2.76. The molecular formula is C18H20N4O4. The van der Waals surface area contributed by atoms with Gasteiger partial charge in [-0.1, -0.05) is 0 Å². The van der Waals surface area contributed by atoms with Gasteiger partial charge < -0.3 is 14.2 Å². The zero-order chi connectivity index (χ0) is 18.7. The number of esters is 1. The summed E-state index contributed by atoms with van der Waals surface area (Å²) in [5.41, 5.74) is 3.07. The van der Waals surface area contributed by atoms with Crippen LogP contribution in [0.5, 0.6) is 11.5 Å². The number of carbonyl (C=O) groups is 1.